The highest BCUT2D eigenvalue weighted by molar-refractivity contribution is 6.00. The van der Waals surface area contributed by atoms with Gasteiger partial charge < -0.3 is 0 Å². The van der Waals surface area contributed by atoms with Crippen LogP contribution >= 0.6 is 0 Å². The van der Waals surface area contributed by atoms with Crippen LogP contribution in [0.3, 0.4) is 0 Å². The first-order valence-electron chi connectivity index (χ1n) is 5.47. The van der Waals surface area contributed by atoms with Crippen LogP contribution in [-0.4, -0.2) is 60.6 Å². The lowest BCUT2D eigenvalue weighted by Gasteiger charge is -2.17. The van der Waals surface area contributed by atoms with E-state index in [0.29, 0.717) is 11.1 Å². The van der Waals surface area contributed by atoms with E-state index in [1.54, 1.807) is 37.7 Å². The standard InChI is InChI=1S/C9H16N3O4.ClHO4/c1-10(2)9(11(3)4)15-16-12-7(13)5-6-8(12)14;2-1(3,4)5/h5-6H2,1-4H3;(H,2,3,4,5)/q+1;/p-1. The summed E-state index contributed by atoms with van der Waals surface area (Å²) in [7, 11) is 2.08. The summed E-state index contributed by atoms with van der Waals surface area (Å²) >= 11 is 0. The van der Waals surface area contributed by atoms with E-state index in [1.807, 2.05) is 0 Å². The average Bonchev–Trinajstić information content (AvgIpc) is 2.57. The fourth-order valence-corrected chi connectivity index (χ4v) is 1.26. The molecule has 12 heteroatoms. The number of hydrogen-bond acceptors (Lipinski definition) is 8. The minimum atomic E-state index is -4.94. The second-order valence-corrected chi connectivity index (χ2v) is 4.95. The Kier molecular flexibility index (Phi) is 7.49. The minimum absolute atomic E-state index is 0.168. The van der Waals surface area contributed by atoms with Crippen LogP contribution in [0.1, 0.15) is 12.8 Å². The molecule has 11 nitrogen and oxygen atoms in total. The summed E-state index contributed by atoms with van der Waals surface area (Å²) in [6, 6.07) is 0.382. The number of hydroxylamine groups is 2. The number of hydrogen-bond donors (Lipinski definition) is 0. The Bertz CT molecular complexity index is 394. The van der Waals surface area contributed by atoms with Gasteiger partial charge >= 0.3 is 6.02 Å². The first kappa shape index (κ1) is 19.5. The number of nitrogens with zero attached hydrogens (tertiary/aromatic N) is 3. The van der Waals surface area contributed by atoms with Gasteiger partial charge in [-0.2, -0.15) is 0 Å². The summed E-state index contributed by atoms with van der Waals surface area (Å²) in [5.74, 6) is -0.774. The van der Waals surface area contributed by atoms with Crippen LogP contribution in [0.5, 0.6) is 0 Å². The van der Waals surface area contributed by atoms with Crippen LogP contribution in [-0.2, 0) is 19.5 Å². The van der Waals surface area contributed by atoms with Gasteiger partial charge in [0.1, 0.15) is 0 Å². The third kappa shape index (κ3) is 8.39. The molecule has 122 valence electrons. The SMILES string of the molecule is CN(C)C(OON1C(=O)CCC1=O)=[N+](C)C.[O-][Cl+3]([O-])([O-])[O-]. The lowest BCUT2D eigenvalue weighted by atomic mass is 10.4. The zero-order valence-electron chi connectivity index (χ0n) is 11.9. The molecule has 1 saturated heterocycles. The summed E-state index contributed by atoms with van der Waals surface area (Å²) in [6.07, 6.45) is 0.336. The summed E-state index contributed by atoms with van der Waals surface area (Å²) in [6.45, 7) is 0. The van der Waals surface area contributed by atoms with Crippen molar-refractivity contribution in [3.05, 3.63) is 0 Å². The molecular weight excluding hydrogens is 314 g/mol. The van der Waals surface area contributed by atoms with Crippen molar-refractivity contribution in [2.75, 3.05) is 28.2 Å². The highest BCUT2D eigenvalue weighted by Crippen LogP contribution is 2.12. The summed E-state index contributed by atoms with van der Waals surface area (Å²) in [5, 5.41) is 0.646. The molecule has 0 aromatic heterocycles. The molecule has 0 saturated carbocycles. The molecule has 1 aliphatic rings. The molecule has 0 unspecified atom stereocenters. The highest BCUT2D eigenvalue weighted by Gasteiger charge is 2.33. The van der Waals surface area contributed by atoms with Gasteiger partial charge in [-0.3, -0.25) is 9.59 Å². The van der Waals surface area contributed by atoms with E-state index in [-0.39, 0.29) is 24.7 Å². The molecule has 0 bridgehead atoms. The minimum Gasteiger partial charge on any atom is -0.272 e. The fraction of sp³-hybridized carbons (Fsp3) is 0.667. The molecule has 1 aliphatic heterocycles. The molecule has 0 N–H and O–H groups in total. The predicted molar refractivity (Wildman–Crippen MR) is 54.1 cm³/mol. The maximum absolute atomic E-state index is 11.2. The van der Waals surface area contributed by atoms with Gasteiger partial charge in [-0.15, -0.1) is 15.3 Å². The summed E-state index contributed by atoms with van der Waals surface area (Å²) in [4.78, 5) is 33.7. The molecule has 0 radical (unpaired) electrons. The number of carbonyl (C=O) groups excluding carboxylic acids is 2. The number of rotatable bonds is 2. The van der Waals surface area contributed by atoms with Gasteiger partial charge in [-0.25, -0.2) is 33.0 Å². The summed E-state index contributed by atoms with van der Waals surface area (Å²) < 4.78 is 35.6. The van der Waals surface area contributed by atoms with Gasteiger partial charge in [0.15, 0.2) is 0 Å². The molecular formula is C9H16ClN3O8. The Morgan fingerprint density at radius 1 is 1.14 bits per heavy atom. The maximum Gasteiger partial charge on any atom is 0.479 e. The normalized spacial score (nSPS) is 14.6. The smallest absolute Gasteiger partial charge is 0.272 e. The van der Waals surface area contributed by atoms with Gasteiger partial charge in [0, 0.05) is 12.8 Å². The molecule has 1 rings (SSSR count). The quantitative estimate of drug-likeness (QED) is 0.120. The average molecular weight is 330 g/mol. The van der Waals surface area contributed by atoms with E-state index in [2.05, 4.69) is 0 Å². The molecule has 2 amide bonds. The zero-order chi connectivity index (χ0) is 16.8. The molecule has 0 aromatic carbocycles. The van der Waals surface area contributed by atoms with Crippen LogP contribution in [0.4, 0.5) is 0 Å². The lowest BCUT2D eigenvalue weighted by Crippen LogP contribution is -2.68. The maximum atomic E-state index is 11.2. The lowest BCUT2D eigenvalue weighted by molar-refractivity contribution is -2.00. The molecule has 0 atom stereocenters. The van der Waals surface area contributed by atoms with Crippen molar-refractivity contribution in [3.8, 4) is 0 Å². The van der Waals surface area contributed by atoms with Crippen molar-refractivity contribution in [3.63, 3.8) is 0 Å². The second-order valence-electron chi connectivity index (χ2n) is 4.19. The van der Waals surface area contributed by atoms with Gasteiger partial charge in [0.05, 0.1) is 28.2 Å². The molecule has 0 aliphatic carbocycles. The van der Waals surface area contributed by atoms with Crippen molar-refractivity contribution in [2.24, 2.45) is 0 Å². The Hall–Kier alpha value is -1.50. The summed E-state index contributed by atoms with van der Waals surface area (Å²) in [5.41, 5.74) is 0. The molecule has 1 fully saturated rings. The molecule has 0 spiro atoms. The van der Waals surface area contributed by atoms with Gasteiger partial charge in [0.25, 0.3) is 11.8 Å². The van der Waals surface area contributed by atoms with E-state index in [1.165, 1.54) is 0 Å². The first-order chi connectivity index (χ1) is 9.43. The van der Waals surface area contributed by atoms with E-state index >= 15 is 0 Å². The third-order valence-electron chi connectivity index (χ3n) is 1.96. The second kappa shape index (κ2) is 8.07. The van der Waals surface area contributed by atoms with E-state index in [9.17, 15) is 9.59 Å². The van der Waals surface area contributed by atoms with Crippen molar-refractivity contribution >= 4 is 17.8 Å². The zero-order valence-corrected chi connectivity index (χ0v) is 12.7. The first-order valence-corrected chi connectivity index (χ1v) is 6.70. The largest absolute Gasteiger partial charge is 0.479 e. The van der Waals surface area contributed by atoms with Crippen molar-refractivity contribution in [1.82, 2.24) is 9.96 Å². The molecule has 0 aromatic rings. The van der Waals surface area contributed by atoms with Gasteiger partial charge in [-0.1, -0.05) is 0 Å². The number of imide groups is 1. The van der Waals surface area contributed by atoms with Gasteiger partial charge in [-0.05, 0) is 4.99 Å². The molecule has 1 heterocycles. The van der Waals surface area contributed by atoms with E-state index in [0.717, 1.165) is 0 Å². The Labute approximate surface area is 122 Å². The number of carbonyl (C=O) groups is 2. The van der Waals surface area contributed by atoms with Crippen molar-refractivity contribution in [1.29, 1.82) is 0 Å². The van der Waals surface area contributed by atoms with Crippen LogP contribution < -0.4 is 18.6 Å². The molecule has 21 heavy (non-hydrogen) atoms. The topological polar surface area (TPSA) is 154 Å². The fourth-order valence-electron chi connectivity index (χ4n) is 1.26. The van der Waals surface area contributed by atoms with E-state index in [4.69, 9.17) is 28.5 Å². The third-order valence-corrected chi connectivity index (χ3v) is 1.96. The van der Waals surface area contributed by atoms with Crippen LogP contribution in [0.2, 0.25) is 0 Å². The number of amidine groups is 1. The van der Waals surface area contributed by atoms with Crippen LogP contribution in [0.25, 0.3) is 0 Å². The number of amides is 2. The number of halogens is 1. The van der Waals surface area contributed by atoms with Crippen molar-refractivity contribution < 1.29 is 52.9 Å². The Balaban J connectivity index is 0.000000690. The highest BCUT2D eigenvalue weighted by atomic mass is 35.7. The van der Waals surface area contributed by atoms with Crippen LogP contribution in [0.15, 0.2) is 0 Å². The van der Waals surface area contributed by atoms with E-state index < -0.39 is 10.2 Å². The monoisotopic (exact) mass is 329 g/mol. The Morgan fingerprint density at radius 3 is 1.81 bits per heavy atom. The Morgan fingerprint density at radius 2 is 1.52 bits per heavy atom. The predicted octanol–water partition coefficient (Wildman–Crippen LogP) is -5.57. The van der Waals surface area contributed by atoms with Crippen LogP contribution in [0, 0.1) is 10.2 Å². The van der Waals surface area contributed by atoms with Gasteiger partial charge in [0.2, 0.25) is 0 Å². The van der Waals surface area contributed by atoms with Crippen molar-refractivity contribution in [2.45, 2.75) is 12.8 Å².